The van der Waals surface area contributed by atoms with Crippen LogP contribution in [0, 0.1) is 6.92 Å². The predicted octanol–water partition coefficient (Wildman–Crippen LogP) is 3.12. The lowest BCUT2D eigenvalue weighted by atomic mass is 10.1. The van der Waals surface area contributed by atoms with Crippen LogP contribution in [0.25, 0.3) is 0 Å². The SMILES string of the molecule is Cc1ccc(CC(=O)N(Cc2ccncc2)C2CC2)cc1. The second kappa shape index (κ2) is 6.08. The van der Waals surface area contributed by atoms with Crippen LogP contribution in [0.15, 0.2) is 48.8 Å². The summed E-state index contributed by atoms with van der Waals surface area (Å²) in [6.07, 6.45) is 6.31. The summed E-state index contributed by atoms with van der Waals surface area (Å²) in [5.41, 5.74) is 3.46. The van der Waals surface area contributed by atoms with E-state index in [1.165, 1.54) is 5.56 Å². The number of hydrogen-bond acceptors (Lipinski definition) is 2. The van der Waals surface area contributed by atoms with Gasteiger partial charge in [0.15, 0.2) is 0 Å². The lowest BCUT2D eigenvalue weighted by molar-refractivity contribution is -0.131. The molecule has 1 aromatic carbocycles. The van der Waals surface area contributed by atoms with Crippen LogP contribution >= 0.6 is 0 Å². The Morgan fingerprint density at radius 1 is 1.10 bits per heavy atom. The Hall–Kier alpha value is -2.16. The van der Waals surface area contributed by atoms with Gasteiger partial charge in [-0.25, -0.2) is 0 Å². The lowest BCUT2D eigenvalue weighted by Gasteiger charge is -2.22. The van der Waals surface area contributed by atoms with Gasteiger partial charge >= 0.3 is 0 Å². The standard InChI is InChI=1S/C18H20N2O/c1-14-2-4-15(5-3-14)12-18(21)20(17-6-7-17)13-16-8-10-19-11-9-16/h2-5,8-11,17H,6-7,12-13H2,1H3. The van der Waals surface area contributed by atoms with E-state index in [0.29, 0.717) is 19.0 Å². The molecule has 3 nitrogen and oxygen atoms in total. The molecule has 1 aliphatic carbocycles. The summed E-state index contributed by atoms with van der Waals surface area (Å²) in [5, 5.41) is 0. The number of pyridine rings is 1. The van der Waals surface area contributed by atoms with Gasteiger partial charge in [-0.3, -0.25) is 9.78 Å². The molecule has 1 aromatic heterocycles. The molecule has 21 heavy (non-hydrogen) atoms. The van der Waals surface area contributed by atoms with E-state index in [0.717, 1.165) is 24.0 Å². The summed E-state index contributed by atoms with van der Waals surface area (Å²) >= 11 is 0. The van der Waals surface area contributed by atoms with Crippen LogP contribution in [0.2, 0.25) is 0 Å². The van der Waals surface area contributed by atoms with Crippen LogP contribution in [0.4, 0.5) is 0 Å². The Bertz CT molecular complexity index is 603. The number of carbonyl (C=O) groups excluding carboxylic acids is 1. The highest BCUT2D eigenvalue weighted by atomic mass is 16.2. The molecule has 1 saturated carbocycles. The summed E-state index contributed by atoms with van der Waals surface area (Å²) in [6.45, 7) is 2.75. The Kier molecular flexibility index (Phi) is 4.00. The summed E-state index contributed by atoms with van der Waals surface area (Å²) in [7, 11) is 0. The minimum absolute atomic E-state index is 0.221. The number of aromatic nitrogens is 1. The van der Waals surface area contributed by atoms with E-state index < -0.39 is 0 Å². The van der Waals surface area contributed by atoms with E-state index in [1.807, 2.05) is 29.2 Å². The molecule has 3 heteroatoms. The fraction of sp³-hybridized carbons (Fsp3) is 0.333. The van der Waals surface area contributed by atoms with Crippen molar-refractivity contribution >= 4 is 5.91 Å². The third-order valence-electron chi connectivity index (χ3n) is 3.89. The average Bonchev–Trinajstić information content (AvgIpc) is 3.33. The number of aryl methyl sites for hydroxylation is 1. The Balaban J connectivity index is 1.69. The van der Waals surface area contributed by atoms with Crippen LogP contribution in [0.5, 0.6) is 0 Å². The molecule has 1 fully saturated rings. The van der Waals surface area contributed by atoms with Crippen molar-refractivity contribution in [2.24, 2.45) is 0 Å². The largest absolute Gasteiger partial charge is 0.335 e. The first kappa shape index (κ1) is 13.8. The molecule has 0 unspecified atom stereocenters. The summed E-state index contributed by atoms with van der Waals surface area (Å²) < 4.78 is 0. The molecule has 108 valence electrons. The molecule has 1 amide bonds. The van der Waals surface area contributed by atoms with Crippen LogP contribution in [-0.4, -0.2) is 21.8 Å². The van der Waals surface area contributed by atoms with Crippen molar-refractivity contribution in [3.8, 4) is 0 Å². The van der Waals surface area contributed by atoms with E-state index in [4.69, 9.17) is 0 Å². The molecule has 0 atom stereocenters. The molecule has 1 heterocycles. The van der Waals surface area contributed by atoms with Gasteiger partial charge in [0, 0.05) is 25.0 Å². The summed E-state index contributed by atoms with van der Waals surface area (Å²) in [6, 6.07) is 12.6. The van der Waals surface area contributed by atoms with E-state index in [-0.39, 0.29) is 5.91 Å². The fourth-order valence-corrected chi connectivity index (χ4v) is 2.47. The van der Waals surface area contributed by atoms with E-state index in [1.54, 1.807) is 12.4 Å². The molecule has 0 saturated heterocycles. The van der Waals surface area contributed by atoms with Crippen LogP contribution in [0.3, 0.4) is 0 Å². The van der Waals surface area contributed by atoms with Gasteiger partial charge in [0.25, 0.3) is 0 Å². The highest BCUT2D eigenvalue weighted by Crippen LogP contribution is 2.29. The van der Waals surface area contributed by atoms with Crippen molar-refractivity contribution in [3.63, 3.8) is 0 Å². The second-order valence-corrected chi connectivity index (χ2v) is 5.77. The van der Waals surface area contributed by atoms with Crippen molar-refractivity contribution in [3.05, 3.63) is 65.5 Å². The molecule has 0 aliphatic heterocycles. The zero-order valence-corrected chi connectivity index (χ0v) is 12.3. The molecular formula is C18H20N2O. The number of amides is 1. The van der Waals surface area contributed by atoms with Crippen molar-refractivity contribution in [2.75, 3.05) is 0 Å². The lowest BCUT2D eigenvalue weighted by Crippen LogP contribution is -2.33. The third-order valence-corrected chi connectivity index (χ3v) is 3.89. The minimum atomic E-state index is 0.221. The van der Waals surface area contributed by atoms with Crippen LogP contribution in [-0.2, 0) is 17.8 Å². The maximum absolute atomic E-state index is 12.6. The summed E-state index contributed by atoms with van der Waals surface area (Å²) in [5.74, 6) is 0.221. The quantitative estimate of drug-likeness (QED) is 0.843. The topological polar surface area (TPSA) is 33.2 Å². The third kappa shape index (κ3) is 3.69. The molecule has 0 spiro atoms. The van der Waals surface area contributed by atoms with Gasteiger partial charge in [-0.2, -0.15) is 0 Å². The maximum Gasteiger partial charge on any atom is 0.227 e. The first-order valence-electron chi connectivity index (χ1n) is 7.46. The van der Waals surface area contributed by atoms with Gasteiger partial charge in [0.05, 0.1) is 6.42 Å². The smallest absolute Gasteiger partial charge is 0.227 e. The number of nitrogens with zero attached hydrogens (tertiary/aromatic N) is 2. The normalized spacial score (nSPS) is 14.0. The van der Waals surface area contributed by atoms with Gasteiger partial charge in [-0.1, -0.05) is 29.8 Å². The van der Waals surface area contributed by atoms with E-state index in [2.05, 4.69) is 24.0 Å². The molecule has 0 N–H and O–H groups in total. The number of rotatable bonds is 5. The zero-order valence-electron chi connectivity index (χ0n) is 12.3. The van der Waals surface area contributed by atoms with Crippen molar-refractivity contribution in [1.82, 2.24) is 9.88 Å². The van der Waals surface area contributed by atoms with Crippen LogP contribution in [0.1, 0.15) is 29.5 Å². The average molecular weight is 280 g/mol. The minimum Gasteiger partial charge on any atom is -0.335 e. The van der Waals surface area contributed by atoms with Crippen molar-refractivity contribution < 1.29 is 4.79 Å². The van der Waals surface area contributed by atoms with Crippen molar-refractivity contribution in [1.29, 1.82) is 0 Å². The number of hydrogen-bond donors (Lipinski definition) is 0. The molecule has 2 aromatic rings. The Morgan fingerprint density at radius 2 is 1.76 bits per heavy atom. The molecule has 0 radical (unpaired) electrons. The molecular weight excluding hydrogens is 260 g/mol. The maximum atomic E-state index is 12.6. The fourth-order valence-electron chi connectivity index (χ4n) is 2.47. The van der Waals surface area contributed by atoms with Crippen LogP contribution < -0.4 is 0 Å². The molecule has 1 aliphatic rings. The van der Waals surface area contributed by atoms with E-state index in [9.17, 15) is 4.79 Å². The first-order chi connectivity index (χ1) is 10.2. The number of carbonyl (C=O) groups is 1. The highest BCUT2D eigenvalue weighted by molar-refractivity contribution is 5.79. The number of benzene rings is 1. The van der Waals surface area contributed by atoms with Gasteiger partial charge in [-0.15, -0.1) is 0 Å². The highest BCUT2D eigenvalue weighted by Gasteiger charge is 2.32. The van der Waals surface area contributed by atoms with Gasteiger partial charge in [-0.05, 0) is 43.0 Å². The van der Waals surface area contributed by atoms with Gasteiger partial charge < -0.3 is 4.90 Å². The Morgan fingerprint density at radius 3 is 2.38 bits per heavy atom. The molecule has 0 bridgehead atoms. The van der Waals surface area contributed by atoms with Crippen molar-refractivity contribution in [2.45, 2.75) is 38.8 Å². The van der Waals surface area contributed by atoms with Gasteiger partial charge in [0.1, 0.15) is 0 Å². The first-order valence-corrected chi connectivity index (χ1v) is 7.46. The van der Waals surface area contributed by atoms with E-state index >= 15 is 0 Å². The Labute approximate surface area is 125 Å². The monoisotopic (exact) mass is 280 g/mol. The van der Waals surface area contributed by atoms with Gasteiger partial charge in [0.2, 0.25) is 5.91 Å². The molecule has 3 rings (SSSR count). The zero-order chi connectivity index (χ0) is 14.7. The second-order valence-electron chi connectivity index (χ2n) is 5.77. The summed E-state index contributed by atoms with van der Waals surface area (Å²) in [4.78, 5) is 18.6. The predicted molar refractivity (Wildman–Crippen MR) is 82.7 cm³/mol.